The van der Waals surface area contributed by atoms with Gasteiger partial charge in [0.05, 0.1) is 13.0 Å². The van der Waals surface area contributed by atoms with Crippen LogP contribution in [-0.4, -0.2) is 30.4 Å². The first-order valence-corrected chi connectivity index (χ1v) is 8.69. The van der Waals surface area contributed by atoms with E-state index in [-0.39, 0.29) is 25.5 Å². The molecule has 0 bridgehead atoms. The number of benzene rings is 2. The summed E-state index contributed by atoms with van der Waals surface area (Å²) in [5, 5.41) is 11.5. The second kappa shape index (κ2) is 8.93. The Balaban J connectivity index is 1.41. The molecule has 0 radical (unpaired) electrons. The maximum atomic E-state index is 12.1. The summed E-state index contributed by atoms with van der Waals surface area (Å²) in [6, 6.07) is 12.8. The Labute approximate surface area is 156 Å². The van der Waals surface area contributed by atoms with E-state index in [4.69, 9.17) is 19.3 Å². The largest absolute Gasteiger partial charge is 0.494 e. The van der Waals surface area contributed by atoms with Crippen molar-refractivity contribution in [2.75, 3.05) is 13.4 Å². The molecule has 0 fully saturated rings. The normalized spacial score (nSPS) is 11.9. The van der Waals surface area contributed by atoms with Crippen molar-refractivity contribution in [1.82, 2.24) is 5.32 Å². The monoisotopic (exact) mass is 371 g/mol. The number of nitrogens with one attached hydrogen (secondary N) is 1. The molecule has 0 saturated carbocycles. The van der Waals surface area contributed by atoms with Crippen LogP contribution in [0.3, 0.4) is 0 Å². The van der Waals surface area contributed by atoms with Gasteiger partial charge in [-0.05, 0) is 41.8 Å². The highest BCUT2D eigenvalue weighted by Crippen LogP contribution is 2.32. The third kappa shape index (κ3) is 5.64. The lowest BCUT2D eigenvalue weighted by Gasteiger charge is -2.08. The second-order valence-corrected chi connectivity index (χ2v) is 6.13. The Kier molecular flexibility index (Phi) is 6.14. The van der Waals surface area contributed by atoms with Crippen LogP contribution in [-0.2, 0) is 22.6 Å². The van der Waals surface area contributed by atoms with Crippen LogP contribution in [0.25, 0.3) is 0 Å². The highest BCUT2D eigenvalue weighted by Gasteiger charge is 2.14. The van der Waals surface area contributed by atoms with E-state index in [9.17, 15) is 9.59 Å². The van der Waals surface area contributed by atoms with E-state index in [2.05, 4.69) is 5.32 Å². The van der Waals surface area contributed by atoms with Crippen molar-refractivity contribution in [3.8, 4) is 17.2 Å². The van der Waals surface area contributed by atoms with Crippen molar-refractivity contribution in [2.24, 2.45) is 0 Å². The Hall–Kier alpha value is -3.22. The standard InChI is InChI=1S/C20H21NO6/c22-19(11-15-5-8-17-18(10-15)27-13-26-17)21-12-14-3-6-16(7-4-14)25-9-1-2-20(23)24/h3-8,10H,1-2,9,11-13H2,(H,21,22)(H,23,24). The predicted molar refractivity (Wildman–Crippen MR) is 96.9 cm³/mol. The minimum Gasteiger partial charge on any atom is -0.494 e. The van der Waals surface area contributed by atoms with Crippen LogP contribution in [0.15, 0.2) is 42.5 Å². The summed E-state index contributed by atoms with van der Waals surface area (Å²) in [5.74, 6) is 1.13. The molecule has 0 atom stereocenters. The molecule has 142 valence electrons. The van der Waals surface area contributed by atoms with Gasteiger partial charge >= 0.3 is 5.97 Å². The Bertz CT molecular complexity index is 803. The van der Waals surface area contributed by atoms with Gasteiger partial charge in [-0.15, -0.1) is 0 Å². The third-order valence-electron chi connectivity index (χ3n) is 4.02. The summed E-state index contributed by atoms with van der Waals surface area (Å²) in [4.78, 5) is 22.6. The van der Waals surface area contributed by atoms with Gasteiger partial charge in [0.2, 0.25) is 12.7 Å². The summed E-state index contributed by atoms with van der Waals surface area (Å²) in [5.41, 5.74) is 1.81. The minimum atomic E-state index is -0.828. The number of hydrogen-bond acceptors (Lipinski definition) is 5. The smallest absolute Gasteiger partial charge is 0.303 e. The zero-order valence-electron chi connectivity index (χ0n) is 14.8. The first kappa shape index (κ1) is 18.6. The summed E-state index contributed by atoms with van der Waals surface area (Å²) in [7, 11) is 0. The molecular formula is C20H21NO6. The van der Waals surface area contributed by atoms with E-state index in [1.165, 1.54) is 0 Å². The number of amides is 1. The van der Waals surface area contributed by atoms with E-state index in [0.29, 0.717) is 36.8 Å². The van der Waals surface area contributed by atoms with Crippen LogP contribution in [0.5, 0.6) is 17.2 Å². The number of carbonyl (C=O) groups excluding carboxylic acids is 1. The summed E-state index contributed by atoms with van der Waals surface area (Å²) >= 11 is 0. The number of aliphatic carboxylic acids is 1. The van der Waals surface area contributed by atoms with E-state index in [1.807, 2.05) is 24.3 Å². The van der Waals surface area contributed by atoms with Crippen LogP contribution in [0.2, 0.25) is 0 Å². The van der Waals surface area contributed by atoms with Crippen molar-refractivity contribution < 1.29 is 28.9 Å². The van der Waals surface area contributed by atoms with Gasteiger partial charge in [0.15, 0.2) is 11.5 Å². The molecule has 2 aromatic carbocycles. The molecule has 1 amide bonds. The number of carboxylic acids is 1. The molecular weight excluding hydrogens is 350 g/mol. The number of carboxylic acid groups (broad SMARTS) is 1. The van der Waals surface area contributed by atoms with Crippen molar-refractivity contribution in [3.63, 3.8) is 0 Å². The fourth-order valence-electron chi connectivity index (χ4n) is 2.62. The average molecular weight is 371 g/mol. The first-order valence-electron chi connectivity index (χ1n) is 8.69. The number of ether oxygens (including phenoxy) is 3. The highest BCUT2D eigenvalue weighted by molar-refractivity contribution is 5.78. The zero-order chi connectivity index (χ0) is 19.1. The predicted octanol–water partition coefficient (Wildman–Crippen LogP) is 2.52. The van der Waals surface area contributed by atoms with Gasteiger partial charge in [0.25, 0.3) is 0 Å². The summed E-state index contributed by atoms with van der Waals surface area (Å²) < 4.78 is 16.0. The third-order valence-corrected chi connectivity index (χ3v) is 4.02. The number of hydrogen-bond donors (Lipinski definition) is 2. The molecule has 2 N–H and O–H groups in total. The maximum absolute atomic E-state index is 12.1. The SMILES string of the molecule is O=C(O)CCCOc1ccc(CNC(=O)Cc2ccc3c(c2)OCO3)cc1. The average Bonchev–Trinajstić information content (AvgIpc) is 3.12. The number of carbonyl (C=O) groups is 2. The van der Waals surface area contributed by atoms with E-state index in [0.717, 1.165) is 11.1 Å². The molecule has 7 heteroatoms. The fraction of sp³-hybridized carbons (Fsp3) is 0.300. The lowest BCUT2D eigenvalue weighted by molar-refractivity contribution is -0.137. The number of fused-ring (bicyclic) bond motifs is 1. The number of rotatable bonds is 9. The van der Waals surface area contributed by atoms with Crippen molar-refractivity contribution in [3.05, 3.63) is 53.6 Å². The molecule has 0 saturated heterocycles. The van der Waals surface area contributed by atoms with Gasteiger partial charge in [0, 0.05) is 13.0 Å². The van der Waals surface area contributed by atoms with E-state index in [1.54, 1.807) is 18.2 Å². The first-order chi connectivity index (χ1) is 13.1. The van der Waals surface area contributed by atoms with Crippen LogP contribution in [0, 0.1) is 0 Å². The van der Waals surface area contributed by atoms with Gasteiger partial charge in [0.1, 0.15) is 5.75 Å². The molecule has 3 rings (SSSR count). The fourth-order valence-corrected chi connectivity index (χ4v) is 2.62. The zero-order valence-corrected chi connectivity index (χ0v) is 14.8. The molecule has 0 aromatic heterocycles. The van der Waals surface area contributed by atoms with Gasteiger partial charge in [-0.3, -0.25) is 9.59 Å². The molecule has 0 spiro atoms. The molecule has 1 heterocycles. The Morgan fingerprint density at radius 1 is 1.04 bits per heavy atom. The molecule has 1 aliphatic heterocycles. The van der Waals surface area contributed by atoms with Crippen LogP contribution in [0.1, 0.15) is 24.0 Å². The lowest BCUT2D eigenvalue weighted by atomic mass is 10.1. The topological polar surface area (TPSA) is 94.1 Å². The highest BCUT2D eigenvalue weighted by atomic mass is 16.7. The van der Waals surface area contributed by atoms with Crippen molar-refractivity contribution in [2.45, 2.75) is 25.8 Å². The molecule has 0 aliphatic carbocycles. The van der Waals surface area contributed by atoms with Gasteiger partial charge in [-0.25, -0.2) is 0 Å². The molecule has 2 aromatic rings. The molecule has 27 heavy (non-hydrogen) atoms. The van der Waals surface area contributed by atoms with Crippen LogP contribution in [0.4, 0.5) is 0 Å². The van der Waals surface area contributed by atoms with Crippen molar-refractivity contribution >= 4 is 11.9 Å². The maximum Gasteiger partial charge on any atom is 0.303 e. The molecule has 1 aliphatic rings. The second-order valence-electron chi connectivity index (χ2n) is 6.13. The Morgan fingerprint density at radius 3 is 2.56 bits per heavy atom. The van der Waals surface area contributed by atoms with Crippen LogP contribution >= 0.6 is 0 Å². The minimum absolute atomic E-state index is 0.0807. The molecule has 7 nitrogen and oxygen atoms in total. The van der Waals surface area contributed by atoms with Gasteiger partial charge in [-0.1, -0.05) is 18.2 Å². The summed E-state index contributed by atoms with van der Waals surface area (Å²) in [6.07, 6.45) is 0.821. The van der Waals surface area contributed by atoms with Gasteiger partial charge < -0.3 is 24.6 Å². The van der Waals surface area contributed by atoms with E-state index < -0.39 is 5.97 Å². The van der Waals surface area contributed by atoms with Gasteiger partial charge in [-0.2, -0.15) is 0 Å². The Morgan fingerprint density at radius 2 is 1.78 bits per heavy atom. The molecule has 0 unspecified atom stereocenters. The quantitative estimate of drug-likeness (QED) is 0.658. The van der Waals surface area contributed by atoms with E-state index >= 15 is 0 Å². The van der Waals surface area contributed by atoms with Crippen LogP contribution < -0.4 is 19.5 Å². The van der Waals surface area contributed by atoms with Crippen molar-refractivity contribution in [1.29, 1.82) is 0 Å². The summed E-state index contributed by atoms with van der Waals surface area (Å²) in [6.45, 7) is 0.991. The lowest BCUT2D eigenvalue weighted by Crippen LogP contribution is -2.24.